The molecule has 30 heavy (non-hydrogen) atoms. The molecular weight excluding hydrogens is 498 g/mol. The summed E-state index contributed by atoms with van der Waals surface area (Å²) in [6.45, 7) is 7.38. The smallest absolute Gasteiger partial charge is 0.218 e. The van der Waals surface area contributed by atoms with Crippen molar-refractivity contribution in [3.05, 3.63) is 48.0 Å². The average Bonchev–Trinajstić information content (AvgIpc) is 3.20. The Balaban J connectivity index is 0.00000320. The van der Waals surface area contributed by atoms with Crippen LogP contribution in [-0.2, 0) is 6.54 Å². The predicted octanol–water partition coefficient (Wildman–Crippen LogP) is 3.36. The van der Waals surface area contributed by atoms with E-state index in [0.717, 1.165) is 37.5 Å². The lowest BCUT2D eigenvalue weighted by atomic mass is 10.2. The fourth-order valence-corrected chi connectivity index (χ4v) is 3.23. The lowest BCUT2D eigenvalue weighted by Gasteiger charge is -2.20. The molecule has 2 aromatic heterocycles. The largest absolute Gasteiger partial charge is 0.477 e. The van der Waals surface area contributed by atoms with Gasteiger partial charge in [0, 0.05) is 43.6 Å². The number of ether oxygens (including phenoxy) is 1. The van der Waals surface area contributed by atoms with E-state index in [1.54, 1.807) is 18.5 Å². The molecule has 2 aromatic rings. The Morgan fingerprint density at radius 3 is 2.83 bits per heavy atom. The number of anilines is 1. The Hall–Kier alpha value is -2.17. The number of rotatable bonds is 8. The van der Waals surface area contributed by atoms with Gasteiger partial charge in [0.25, 0.3) is 0 Å². The fraction of sp³-hybridized carbons (Fsp3) is 0.476. The first kappa shape index (κ1) is 24.1. The third kappa shape index (κ3) is 6.68. The third-order valence-electron chi connectivity index (χ3n) is 4.61. The second-order valence-corrected chi connectivity index (χ2v) is 6.90. The minimum absolute atomic E-state index is 0. The predicted molar refractivity (Wildman–Crippen MR) is 128 cm³/mol. The summed E-state index contributed by atoms with van der Waals surface area (Å²) in [6.07, 6.45) is 5.17. The van der Waals surface area contributed by atoms with Crippen molar-refractivity contribution < 1.29 is 9.13 Å². The first-order chi connectivity index (χ1) is 14.2. The van der Waals surface area contributed by atoms with E-state index in [-0.39, 0.29) is 35.8 Å². The maximum atomic E-state index is 14.0. The van der Waals surface area contributed by atoms with Crippen molar-refractivity contribution in [3.8, 4) is 5.88 Å². The lowest BCUT2D eigenvalue weighted by Crippen LogP contribution is -2.44. The molecule has 1 aliphatic rings. The van der Waals surface area contributed by atoms with Crippen LogP contribution < -0.4 is 20.3 Å². The van der Waals surface area contributed by atoms with Crippen LogP contribution in [0, 0.1) is 5.82 Å². The normalized spacial score (nSPS) is 16.2. The zero-order valence-corrected chi connectivity index (χ0v) is 19.8. The molecule has 164 valence electrons. The molecule has 3 rings (SSSR count). The van der Waals surface area contributed by atoms with Crippen LogP contribution in [0.2, 0.25) is 0 Å². The highest BCUT2D eigenvalue weighted by Gasteiger charge is 2.25. The molecule has 1 unspecified atom stereocenters. The Labute approximate surface area is 194 Å². The molecule has 1 saturated heterocycles. The van der Waals surface area contributed by atoms with E-state index in [1.807, 2.05) is 24.0 Å². The van der Waals surface area contributed by atoms with Gasteiger partial charge in [-0.15, -0.1) is 24.0 Å². The summed E-state index contributed by atoms with van der Waals surface area (Å²) in [5, 5.41) is 6.73. The highest BCUT2D eigenvalue weighted by atomic mass is 127. The van der Waals surface area contributed by atoms with Gasteiger partial charge in [0.1, 0.15) is 0 Å². The fourth-order valence-electron chi connectivity index (χ4n) is 3.23. The summed E-state index contributed by atoms with van der Waals surface area (Å²) in [4.78, 5) is 15.2. The van der Waals surface area contributed by atoms with Gasteiger partial charge < -0.3 is 20.3 Å². The van der Waals surface area contributed by atoms with Gasteiger partial charge in [-0.25, -0.2) is 19.4 Å². The van der Waals surface area contributed by atoms with Crippen LogP contribution in [0.25, 0.3) is 0 Å². The number of halogens is 2. The van der Waals surface area contributed by atoms with E-state index in [2.05, 4.69) is 27.5 Å². The molecule has 0 saturated carbocycles. The number of hydrogen-bond acceptors (Lipinski definition) is 5. The molecule has 7 nitrogen and oxygen atoms in total. The molecule has 0 bridgehead atoms. The van der Waals surface area contributed by atoms with Gasteiger partial charge in [-0.3, -0.25) is 0 Å². The number of pyridine rings is 2. The zero-order chi connectivity index (χ0) is 20.5. The summed E-state index contributed by atoms with van der Waals surface area (Å²) < 4.78 is 19.7. The SMILES string of the molecule is CCCOc1ncccc1CN=C(NCC)NC1CCN(c2ncccc2F)C1.I. The Bertz CT molecular complexity index is 822. The number of nitrogens with zero attached hydrogens (tertiary/aromatic N) is 4. The van der Waals surface area contributed by atoms with Crippen molar-refractivity contribution >= 4 is 35.8 Å². The van der Waals surface area contributed by atoms with Gasteiger partial charge in [-0.1, -0.05) is 13.0 Å². The number of aromatic nitrogens is 2. The van der Waals surface area contributed by atoms with Gasteiger partial charge in [0.05, 0.1) is 13.2 Å². The van der Waals surface area contributed by atoms with Crippen LogP contribution in [0.4, 0.5) is 10.2 Å². The molecule has 0 radical (unpaired) electrons. The van der Waals surface area contributed by atoms with Crippen molar-refractivity contribution in [1.82, 2.24) is 20.6 Å². The molecule has 1 atom stereocenters. The Morgan fingerprint density at radius 2 is 2.07 bits per heavy atom. The average molecular weight is 528 g/mol. The number of nitrogens with one attached hydrogen (secondary N) is 2. The van der Waals surface area contributed by atoms with Gasteiger partial charge in [-0.05, 0) is 38.0 Å². The Kier molecular flexibility index (Phi) is 10.0. The summed E-state index contributed by atoms with van der Waals surface area (Å²) in [7, 11) is 0. The molecular formula is C21H30FIN6O. The minimum Gasteiger partial charge on any atom is -0.477 e. The van der Waals surface area contributed by atoms with Gasteiger partial charge in [0.2, 0.25) is 5.88 Å². The van der Waals surface area contributed by atoms with Crippen molar-refractivity contribution in [2.75, 3.05) is 31.1 Å². The van der Waals surface area contributed by atoms with Crippen LogP contribution in [0.15, 0.2) is 41.7 Å². The summed E-state index contributed by atoms with van der Waals surface area (Å²) in [5.74, 6) is 1.48. The lowest BCUT2D eigenvalue weighted by molar-refractivity contribution is 0.302. The molecule has 0 spiro atoms. The van der Waals surface area contributed by atoms with Crippen LogP contribution in [0.1, 0.15) is 32.3 Å². The zero-order valence-electron chi connectivity index (χ0n) is 17.5. The van der Waals surface area contributed by atoms with Crippen LogP contribution >= 0.6 is 24.0 Å². The second-order valence-electron chi connectivity index (χ2n) is 6.90. The standard InChI is InChI=1S/C21H29FN6O.HI/c1-3-13-29-20-16(7-5-11-25-20)14-26-21(23-4-2)27-17-9-12-28(15-17)19-18(22)8-6-10-24-19;/h5-8,10-11,17H,3-4,9,12-15H2,1-2H3,(H2,23,26,27);1H. The van der Waals surface area contributed by atoms with E-state index in [0.29, 0.717) is 31.4 Å². The van der Waals surface area contributed by atoms with E-state index >= 15 is 0 Å². The van der Waals surface area contributed by atoms with Gasteiger partial charge in [-0.2, -0.15) is 0 Å². The first-order valence-electron chi connectivity index (χ1n) is 10.2. The quantitative estimate of drug-likeness (QED) is 0.311. The van der Waals surface area contributed by atoms with Crippen molar-refractivity contribution in [3.63, 3.8) is 0 Å². The minimum atomic E-state index is -0.287. The van der Waals surface area contributed by atoms with Crippen LogP contribution in [0.3, 0.4) is 0 Å². The molecule has 1 fully saturated rings. The monoisotopic (exact) mass is 528 g/mol. The summed E-state index contributed by atoms with van der Waals surface area (Å²) in [6, 6.07) is 7.09. The third-order valence-corrected chi connectivity index (χ3v) is 4.61. The van der Waals surface area contributed by atoms with E-state index < -0.39 is 0 Å². The second kappa shape index (κ2) is 12.5. The van der Waals surface area contributed by atoms with Gasteiger partial charge in [0.15, 0.2) is 17.6 Å². The summed E-state index contributed by atoms with van der Waals surface area (Å²) in [5.41, 5.74) is 0.946. The van der Waals surface area contributed by atoms with Crippen LogP contribution in [-0.4, -0.2) is 48.2 Å². The van der Waals surface area contributed by atoms with E-state index in [9.17, 15) is 4.39 Å². The molecule has 2 N–H and O–H groups in total. The highest BCUT2D eigenvalue weighted by Crippen LogP contribution is 2.21. The van der Waals surface area contributed by atoms with E-state index in [4.69, 9.17) is 9.73 Å². The van der Waals surface area contributed by atoms with Crippen molar-refractivity contribution in [1.29, 1.82) is 0 Å². The molecule has 3 heterocycles. The summed E-state index contributed by atoms with van der Waals surface area (Å²) >= 11 is 0. The van der Waals surface area contributed by atoms with Gasteiger partial charge >= 0.3 is 0 Å². The first-order valence-corrected chi connectivity index (χ1v) is 10.2. The maximum Gasteiger partial charge on any atom is 0.218 e. The number of guanidine groups is 1. The highest BCUT2D eigenvalue weighted by molar-refractivity contribution is 14.0. The number of hydrogen-bond donors (Lipinski definition) is 2. The molecule has 1 aliphatic heterocycles. The molecule has 0 aliphatic carbocycles. The maximum absolute atomic E-state index is 14.0. The molecule has 0 amide bonds. The van der Waals surface area contributed by atoms with Crippen molar-refractivity contribution in [2.45, 2.75) is 39.3 Å². The van der Waals surface area contributed by atoms with Crippen LogP contribution in [0.5, 0.6) is 5.88 Å². The molecule has 0 aromatic carbocycles. The van der Waals surface area contributed by atoms with Crippen molar-refractivity contribution in [2.24, 2.45) is 4.99 Å². The molecule has 9 heteroatoms. The van der Waals surface area contributed by atoms with E-state index in [1.165, 1.54) is 6.07 Å². The topological polar surface area (TPSA) is 74.7 Å². The Morgan fingerprint density at radius 1 is 1.27 bits per heavy atom. The number of aliphatic imine (C=N–C) groups is 1.